The lowest BCUT2D eigenvalue weighted by Crippen LogP contribution is -1.98. The van der Waals surface area contributed by atoms with E-state index in [1.165, 1.54) is 14.2 Å². The lowest BCUT2D eigenvalue weighted by Gasteiger charge is -2.00. The molecule has 0 bridgehead atoms. The summed E-state index contributed by atoms with van der Waals surface area (Å²) in [6.07, 6.45) is 0. The fraction of sp³-hybridized carbons (Fsp3) is 0.250. The second-order valence-corrected chi connectivity index (χ2v) is 2.44. The molecular weight excluding hydrogens is 208 g/mol. The number of methoxy groups -OCH3 is 2. The smallest absolute Gasteiger partial charge is 0.375 e. The molecule has 2 N–H and O–H groups in total. The van der Waals surface area contributed by atoms with Crippen LogP contribution in [0.4, 0.5) is 0 Å². The number of hydrogen-bond acceptors (Lipinski definition) is 5. The Bertz CT molecular complexity index is 367. The number of rotatable bonds is 4. The van der Waals surface area contributed by atoms with Crippen molar-refractivity contribution >= 4 is 11.9 Å². The summed E-state index contributed by atoms with van der Waals surface area (Å²) in [6.45, 7) is 0. The van der Waals surface area contributed by atoms with Crippen LogP contribution in [0.3, 0.4) is 0 Å². The zero-order chi connectivity index (χ0) is 11.6. The van der Waals surface area contributed by atoms with E-state index < -0.39 is 23.5 Å². The van der Waals surface area contributed by atoms with Crippen LogP contribution in [0.15, 0.2) is 4.42 Å². The van der Waals surface area contributed by atoms with Gasteiger partial charge >= 0.3 is 11.9 Å². The molecule has 7 nitrogen and oxygen atoms in total. The Hall–Kier alpha value is -2.18. The molecule has 1 aromatic heterocycles. The average Bonchev–Trinajstić information content (AvgIpc) is 2.55. The van der Waals surface area contributed by atoms with Gasteiger partial charge in [0.15, 0.2) is 0 Å². The summed E-state index contributed by atoms with van der Waals surface area (Å²) >= 11 is 0. The molecular formula is C8H8O7. The number of aromatic carboxylic acids is 2. The topological polar surface area (TPSA) is 106 Å². The van der Waals surface area contributed by atoms with E-state index in [-0.39, 0.29) is 11.5 Å². The molecule has 0 amide bonds. The minimum atomic E-state index is -1.43. The monoisotopic (exact) mass is 216 g/mol. The van der Waals surface area contributed by atoms with Crippen LogP contribution in [0.2, 0.25) is 0 Å². The summed E-state index contributed by atoms with van der Waals surface area (Å²) in [5.41, 5.74) is 0. The Kier molecular flexibility index (Phi) is 2.84. The van der Waals surface area contributed by atoms with E-state index in [2.05, 4.69) is 4.42 Å². The van der Waals surface area contributed by atoms with Crippen molar-refractivity contribution in [1.82, 2.24) is 0 Å². The summed E-state index contributed by atoms with van der Waals surface area (Å²) in [6, 6.07) is 0. The first-order valence-corrected chi connectivity index (χ1v) is 3.74. The highest BCUT2D eigenvalue weighted by Gasteiger charge is 2.30. The van der Waals surface area contributed by atoms with Crippen molar-refractivity contribution in [3.05, 3.63) is 11.5 Å². The number of carbonyl (C=O) groups is 2. The van der Waals surface area contributed by atoms with Crippen LogP contribution in [0.1, 0.15) is 21.1 Å². The lowest BCUT2D eigenvalue weighted by atomic mass is 10.3. The van der Waals surface area contributed by atoms with Gasteiger partial charge in [0.2, 0.25) is 11.5 Å². The molecule has 15 heavy (non-hydrogen) atoms. The van der Waals surface area contributed by atoms with E-state index in [1.807, 2.05) is 0 Å². The molecule has 0 saturated heterocycles. The van der Waals surface area contributed by atoms with Crippen LogP contribution >= 0.6 is 0 Å². The largest absolute Gasteiger partial charge is 0.489 e. The molecule has 0 fully saturated rings. The van der Waals surface area contributed by atoms with Crippen LogP contribution in [0.25, 0.3) is 0 Å². The van der Waals surface area contributed by atoms with Gasteiger partial charge in [-0.2, -0.15) is 0 Å². The predicted octanol–water partition coefficient (Wildman–Crippen LogP) is 0.693. The third-order valence-electron chi connectivity index (χ3n) is 1.62. The van der Waals surface area contributed by atoms with E-state index in [0.29, 0.717) is 0 Å². The number of carboxylic acid groups (broad SMARTS) is 2. The standard InChI is InChI=1S/C8H8O7/c1-13-3-4(14-2)6(8(11)12)15-5(3)7(9)10/h1-2H3,(H,9,10)(H,11,12). The lowest BCUT2D eigenvalue weighted by molar-refractivity contribution is 0.0627. The van der Waals surface area contributed by atoms with Crippen molar-refractivity contribution in [2.45, 2.75) is 0 Å². The van der Waals surface area contributed by atoms with E-state index in [4.69, 9.17) is 19.7 Å². The molecule has 1 aromatic rings. The van der Waals surface area contributed by atoms with Gasteiger partial charge < -0.3 is 24.1 Å². The summed E-state index contributed by atoms with van der Waals surface area (Å²) in [7, 11) is 2.37. The molecule has 0 aliphatic carbocycles. The van der Waals surface area contributed by atoms with E-state index in [1.54, 1.807) is 0 Å². The molecule has 82 valence electrons. The SMILES string of the molecule is COc1c(C(=O)O)oc(C(=O)O)c1OC. The van der Waals surface area contributed by atoms with E-state index in [9.17, 15) is 9.59 Å². The Balaban J connectivity index is 3.44. The number of hydrogen-bond donors (Lipinski definition) is 2. The highest BCUT2D eigenvalue weighted by Crippen LogP contribution is 2.37. The summed E-state index contributed by atoms with van der Waals surface area (Å²) in [5.74, 6) is -4.57. The maximum absolute atomic E-state index is 10.7. The molecule has 0 spiro atoms. The minimum absolute atomic E-state index is 0.248. The van der Waals surface area contributed by atoms with E-state index >= 15 is 0 Å². The van der Waals surface area contributed by atoms with Gasteiger partial charge in [-0.25, -0.2) is 9.59 Å². The van der Waals surface area contributed by atoms with E-state index in [0.717, 1.165) is 0 Å². The third-order valence-corrected chi connectivity index (χ3v) is 1.62. The number of ether oxygens (including phenoxy) is 2. The van der Waals surface area contributed by atoms with Crippen LogP contribution in [-0.4, -0.2) is 36.4 Å². The molecule has 0 aromatic carbocycles. The van der Waals surface area contributed by atoms with Gasteiger partial charge in [0.25, 0.3) is 11.5 Å². The second-order valence-electron chi connectivity index (χ2n) is 2.44. The maximum atomic E-state index is 10.7. The van der Waals surface area contributed by atoms with Gasteiger partial charge in [-0.3, -0.25) is 0 Å². The molecule has 0 radical (unpaired) electrons. The first-order chi connectivity index (χ1) is 7.02. The molecule has 0 unspecified atom stereocenters. The molecule has 0 aliphatic heterocycles. The molecule has 1 heterocycles. The van der Waals surface area contributed by atoms with Gasteiger partial charge in [0, 0.05) is 0 Å². The quantitative estimate of drug-likeness (QED) is 0.762. The van der Waals surface area contributed by atoms with Crippen molar-refractivity contribution in [3.63, 3.8) is 0 Å². The number of furan rings is 1. The third kappa shape index (κ3) is 1.71. The first-order valence-electron chi connectivity index (χ1n) is 3.74. The number of carboxylic acids is 2. The zero-order valence-electron chi connectivity index (χ0n) is 7.94. The fourth-order valence-corrected chi connectivity index (χ4v) is 1.05. The van der Waals surface area contributed by atoms with Gasteiger partial charge in [0.1, 0.15) is 0 Å². The Morgan fingerprint density at radius 2 is 1.33 bits per heavy atom. The zero-order valence-corrected chi connectivity index (χ0v) is 7.94. The molecule has 0 saturated carbocycles. The van der Waals surface area contributed by atoms with Crippen molar-refractivity contribution in [2.75, 3.05) is 14.2 Å². The average molecular weight is 216 g/mol. The Morgan fingerprint density at radius 1 is 1.00 bits per heavy atom. The Morgan fingerprint density at radius 3 is 1.53 bits per heavy atom. The maximum Gasteiger partial charge on any atom is 0.375 e. The van der Waals surface area contributed by atoms with Gasteiger partial charge in [-0.1, -0.05) is 0 Å². The van der Waals surface area contributed by atoms with Gasteiger partial charge in [0.05, 0.1) is 14.2 Å². The van der Waals surface area contributed by atoms with Crippen molar-refractivity contribution in [3.8, 4) is 11.5 Å². The highest BCUT2D eigenvalue weighted by molar-refractivity contribution is 5.95. The minimum Gasteiger partial charge on any atom is -0.489 e. The van der Waals surface area contributed by atoms with Crippen molar-refractivity contribution in [1.29, 1.82) is 0 Å². The predicted molar refractivity (Wildman–Crippen MR) is 45.7 cm³/mol. The first kappa shape index (κ1) is 10.9. The van der Waals surface area contributed by atoms with Crippen LogP contribution in [0, 0.1) is 0 Å². The fourth-order valence-electron chi connectivity index (χ4n) is 1.05. The normalized spacial score (nSPS) is 9.73. The van der Waals surface area contributed by atoms with Crippen LogP contribution in [0.5, 0.6) is 11.5 Å². The molecule has 0 atom stereocenters. The molecule has 7 heteroatoms. The van der Waals surface area contributed by atoms with Crippen molar-refractivity contribution in [2.24, 2.45) is 0 Å². The van der Waals surface area contributed by atoms with Crippen LogP contribution < -0.4 is 9.47 Å². The summed E-state index contributed by atoms with van der Waals surface area (Å²) < 4.78 is 14.0. The summed E-state index contributed by atoms with van der Waals surface area (Å²) in [4.78, 5) is 21.3. The van der Waals surface area contributed by atoms with Gasteiger partial charge in [-0.05, 0) is 0 Å². The molecule has 1 rings (SSSR count). The highest BCUT2D eigenvalue weighted by atomic mass is 16.5. The summed E-state index contributed by atoms with van der Waals surface area (Å²) in [5, 5.41) is 17.4. The van der Waals surface area contributed by atoms with Gasteiger partial charge in [-0.15, -0.1) is 0 Å². The Labute approximate surface area is 83.8 Å². The van der Waals surface area contributed by atoms with Crippen LogP contribution in [-0.2, 0) is 0 Å². The second kappa shape index (κ2) is 3.91. The van der Waals surface area contributed by atoms with Crippen molar-refractivity contribution < 1.29 is 33.7 Å². The molecule has 0 aliphatic rings.